The number of aryl methyl sites for hydroxylation is 1. The average Bonchev–Trinajstić information content (AvgIpc) is 3.22. The molecule has 1 unspecified atom stereocenters. The van der Waals surface area contributed by atoms with Gasteiger partial charge in [0, 0.05) is 17.1 Å². The Morgan fingerprint density at radius 3 is 2.56 bits per heavy atom. The summed E-state index contributed by atoms with van der Waals surface area (Å²) in [5.41, 5.74) is 0.973. The van der Waals surface area contributed by atoms with Crippen molar-refractivity contribution in [2.24, 2.45) is 0 Å². The summed E-state index contributed by atoms with van der Waals surface area (Å²) in [6.45, 7) is 4.15. The van der Waals surface area contributed by atoms with E-state index in [0.29, 0.717) is 5.02 Å². The standard InChI is InChI=1S/C16H19ClN6S2/c1-5-13-18-16(25-21-13)24-15-20-19-14(10(2)22(3)4)23(15)12-8-6-11(17)7-9-12/h6-10H,5H2,1-4H3. The number of nitrogens with zero attached hydrogens (tertiary/aromatic N) is 6. The van der Waals surface area contributed by atoms with Crippen molar-refractivity contribution in [2.45, 2.75) is 35.8 Å². The van der Waals surface area contributed by atoms with Crippen molar-refractivity contribution >= 4 is 34.9 Å². The van der Waals surface area contributed by atoms with Gasteiger partial charge in [0.2, 0.25) is 5.16 Å². The van der Waals surface area contributed by atoms with Gasteiger partial charge in [-0.2, -0.15) is 4.37 Å². The van der Waals surface area contributed by atoms with E-state index in [2.05, 4.69) is 35.9 Å². The SMILES string of the molecule is CCc1nsc(Sc2nnc(C(C)N(C)C)n2-c2ccc(Cl)cc2)n1. The number of hydrogen-bond donors (Lipinski definition) is 0. The van der Waals surface area contributed by atoms with E-state index >= 15 is 0 Å². The Bertz CT molecular complexity index is 843. The summed E-state index contributed by atoms with van der Waals surface area (Å²) < 4.78 is 7.26. The highest BCUT2D eigenvalue weighted by Gasteiger charge is 2.22. The lowest BCUT2D eigenvalue weighted by atomic mass is 10.2. The first-order chi connectivity index (χ1) is 12.0. The van der Waals surface area contributed by atoms with Crippen LogP contribution in [0.5, 0.6) is 0 Å². The summed E-state index contributed by atoms with van der Waals surface area (Å²) >= 11 is 8.91. The van der Waals surface area contributed by atoms with Gasteiger partial charge in [0.05, 0.1) is 6.04 Å². The molecule has 0 aliphatic rings. The lowest BCUT2D eigenvalue weighted by Crippen LogP contribution is -2.20. The van der Waals surface area contributed by atoms with Crippen LogP contribution in [0.4, 0.5) is 0 Å². The number of benzene rings is 1. The Labute approximate surface area is 160 Å². The van der Waals surface area contributed by atoms with Crippen LogP contribution in [-0.2, 0) is 6.42 Å². The van der Waals surface area contributed by atoms with Gasteiger partial charge < -0.3 is 0 Å². The van der Waals surface area contributed by atoms with Crippen LogP contribution in [0.15, 0.2) is 33.8 Å². The molecule has 0 spiro atoms. The van der Waals surface area contributed by atoms with Gasteiger partial charge in [-0.15, -0.1) is 10.2 Å². The molecule has 9 heteroatoms. The van der Waals surface area contributed by atoms with Gasteiger partial charge in [0.25, 0.3) is 0 Å². The van der Waals surface area contributed by atoms with Gasteiger partial charge in [-0.3, -0.25) is 9.47 Å². The molecular formula is C16H19ClN6S2. The molecule has 6 nitrogen and oxygen atoms in total. The largest absolute Gasteiger partial charge is 0.300 e. The fourth-order valence-electron chi connectivity index (χ4n) is 2.18. The summed E-state index contributed by atoms with van der Waals surface area (Å²) in [6.07, 6.45) is 0.823. The maximum Gasteiger partial charge on any atom is 0.203 e. The van der Waals surface area contributed by atoms with Crippen molar-refractivity contribution in [3.8, 4) is 5.69 Å². The number of rotatable bonds is 6. The molecule has 0 aliphatic heterocycles. The van der Waals surface area contributed by atoms with Crippen molar-refractivity contribution in [3.05, 3.63) is 40.9 Å². The first kappa shape index (κ1) is 18.3. The average molecular weight is 395 g/mol. The van der Waals surface area contributed by atoms with Crippen LogP contribution in [-0.4, -0.2) is 43.1 Å². The van der Waals surface area contributed by atoms with Crippen LogP contribution in [0.2, 0.25) is 5.02 Å². The Morgan fingerprint density at radius 1 is 1.24 bits per heavy atom. The molecule has 3 rings (SSSR count). The van der Waals surface area contributed by atoms with Gasteiger partial charge in [-0.05, 0) is 68.6 Å². The molecule has 0 bridgehead atoms. The predicted octanol–water partition coefficient (Wildman–Crippen LogP) is 4.11. The third kappa shape index (κ3) is 4.03. The summed E-state index contributed by atoms with van der Waals surface area (Å²) in [6, 6.07) is 7.79. The Balaban J connectivity index is 2.03. The summed E-state index contributed by atoms with van der Waals surface area (Å²) in [5.74, 6) is 1.72. The molecule has 1 atom stereocenters. The van der Waals surface area contributed by atoms with E-state index in [1.807, 2.05) is 45.3 Å². The maximum atomic E-state index is 6.04. The number of halogens is 1. The molecule has 1 aromatic carbocycles. The fourth-order valence-corrected chi connectivity index (χ4v) is 3.97. The van der Waals surface area contributed by atoms with Gasteiger partial charge in [-0.25, -0.2) is 4.98 Å². The zero-order valence-electron chi connectivity index (χ0n) is 14.5. The molecule has 0 saturated carbocycles. The first-order valence-corrected chi connectivity index (χ1v) is 9.84. The molecule has 0 radical (unpaired) electrons. The molecule has 0 N–H and O–H groups in total. The van der Waals surface area contributed by atoms with Crippen molar-refractivity contribution in [3.63, 3.8) is 0 Å². The van der Waals surface area contributed by atoms with Crippen molar-refractivity contribution in [2.75, 3.05) is 14.1 Å². The van der Waals surface area contributed by atoms with Crippen molar-refractivity contribution < 1.29 is 0 Å². The summed E-state index contributed by atoms with van der Waals surface area (Å²) in [7, 11) is 4.05. The van der Waals surface area contributed by atoms with E-state index in [1.165, 1.54) is 23.3 Å². The second kappa shape index (κ2) is 7.82. The van der Waals surface area contributed by atoms with E-state index in [4.69, 9.17) is 11.6 Å². The third-order valence-electron chi connectivity index (χ3n) is 3.84. The monoisotopic (exact) mass is 394 g/mol. The maximum absolute atomic E-state index is 6.04. The molecule has 25 heavy (non-hydrogen) atoms. The van der Waals surface area contributed by atoms with Crippen LogP contribution < -0.4 is 0 Å². The van der Waals surface area contributed by atoms with Gasteiger partial charge in [-0.1, -0.05) is 18.5 Å². The molecular weight excluding hydrogens is 376 g/mol. The van der Waals surface area contributed by atoms with Gasteiger partial charge in [0.15, 0.2) is 10.2 Å². The molecule has 2 heterocycles. The van der Waals surface area contributed by atoms with Crippen LogP contribution in [0.3, 0.4) is 0 Å². The molecule has 0 fully saturated rings. The minimum absolute atomic E-state index is 0.109. The van der Waals surface area contributed by atoms with Gasteiger partial charge >= 0.3 is 0 Å². The second-order valence-corrected chi connectivity index (χ2v) is 8.13. The third-order valence-corrected chi connectivity index (χ3v) is 5.82. The molecule has 3 aromatic rings. The molecule has 132 valence electrons. The van der Waals surface area contributed by atoms with Gasteiger partial charge in [0.1, 0.15) is 5.82 Å². The summed E-state index contributed by atoms with van der Waals surface area (Å²) in [5, 5.41) is 10.3. The summed E-state index contributed by atoms with van der Waals surface area (Å²) in [4.78, 5) is 6.62. The molecule has 0 saturated heterocycles. The van der Waals surface area contributed by atoms with Crippen molar-refractivity contribution in [1.29, 1.82) is 0 Å². The lowest BCUT2D eigenvalue weighted by Gasteiger charge is -2.20. The van der Waals surface area contributed by atoms with E-state index < -0.39 is 0 Å². The molecule has 0 amide bonds. The zero-order chi connectivity index (χ0) is 18.0. The van der Waals surface area contributed by atoms with E-state index in [-0.39, 0.29) is 6.04 Å². The lowest BCUT2D eigenvalue weighted by molar-refractivity contribution is 0.305. The Hall–Kier alpha value is -1.48. The highest BCUT2D eigenvalue weighted by molar-refractivity contribution is 8.00. The van der Waals surface area contributed by atoms with E-state index in [9.17, 15) is 0 Å². The zero-order valence-corrected chi connectivity index (χ0v) is 16.9. The minimum atomic E-state index is 0.109. The molecule has 2 aromatic heterocycles. The predicted molar refractivity (Wildman–Crippen MR) is 102 cm³/mol. The minimum Gasteiger partial charge on any atom is -0.300 e. The highest BCUT2D eigenvalue weighted by atomic mass is 35.5. The smallest absolute Gasteiger partial charge is 0.203 e. The highest BCUT2D eigenvalue weighted by Crippen LogP contribution is 2.32. The number of hydrogen-bond acceptors (Lipinski definition) is 7. The topological polar surface area (TPSA) is 59.7 Å². The molecule has 0 aliphatic carbocycles. The Kier molecular flexibility index (Phi) is 5.73. The Morgan fingerprint density at radius 2 is 1.96 bits per heavy atom. The fraction of sp³-hybridized carbons (Fsp3) is 0.375. The normalized spacial score (nSPS) is 12.7. The van der Waals surface area contributed by atoms with E-state index in [0.717, 1.165) is 33.3 Å². The van der Waals surface area contributed by atoms with Crippen LogP contribution in [0, 0.1) is 0 Å². The van der Waals surface area contributed by atoms with Crippen molar-refractivity contribution in [1.82, 2.24) is 29.0 Å². The van der Waals surface area contributed by atoms with Crippen LogP contribution in [0.25, 0.3) is 5.69 Å². The number of aromatic nitrogens is 5. The van der Waals surface area contributed by atoms with E-state index in [1.54, 1.807) is 0 Å². The first-order valence-electron chi connectivity index (χ1n) is 7.87. The quantitative estimate of drug-likeness (QED) is 0.627. The van der Waals surface area contributed by atoms with Crippen LogP contribution in [0.1, 0.15) is 31.5 Å². The second-order valence-electron chi connectivity index (χ2n) is 5.72. The van der Waals surface area contributed by atoms with Crippen LogP contribution >= 0.6 is 34.9 Å².